The minimum Gasteiger partial charge on any atom is -1.00 e. The van der Waals surface area contributed by atoms with Crippen LogP contribution in [0.1, 0.15) is 12.8 Å². The van der Waals surface area contributed by atoms with Crippen LogP contribution in [0.4, 0.5) is 0 Å². The Hall–Kier alpha value is 0.383. The SMILES string of the molecule is C1=CC[C]([Zr+2][C]2=CC=CC2)=C1.O.[Cl-].[Cl-]. The number of rotatable bonds is 2. The van der Waals surface area contributed by atoms with Gasteiger partial charge in [-0.15, -0.1) is 0 Å². The molecule has 14 heavy (non-hydrogen) atoms. The average Bonchev–Trinajstić information content (AvgIpc) is 2.60. The van der Waals surface area contributed by atoms with E-state index in [0.29, 0.717) is 0 Å². The van der Waals surface area contributed by atoms with Crippen LogP contribution in [-0.4, -0.2) is 5.48 Å². The van der Waals surface area contributed by atoms with E-state index in [1.807, 2.05) is 0 Å². The van der Waals surface area contributed by atoms with Crippen molar-refractivity contribution in [2.24, 2.45) is 0 Å². The van der Waals surface area contributed by atoms with Crippen molar-refractivity contribution < 1.29 is 53.5 Å². The van der Waals surface area contributed by atoms with Crippen LogP contribution in [0.5, 0.6) is 0 Å². The Bertz CT molecular complexity index is 252. The maximum Gasteiger partial charge on any atom is -0.412 e. The Kier molecular flexibility index (Phi) is 10.4. The fraction of sp³-hybridized carbons (Fsp3) is 0.200. The summed E-state index contributed by atoms with van der Waals surface area (Å²) in [4.78, 5) is 0. The third-order valence-electron chi connectivity index (χ3n) is 1.86. The van der Waals surface area contributed by atoms with Crippen LogP contribution in [0.15, 0.2) is 43.0 Å². The first-order valence-electron chi connectivity index (χ1n) is 3.93. The fourth-order valence-electron chi connectivity index (χ4n) is 1.29. The normalized spacial score (nSPS) is 15.7. The van der Waals surface area contributed by atoms with Gasteiger partial charge in [0.2, 0.25) is 0 Å². The molecule has 0 saturated heterocycles. The van der Waals surface area contributed by atoms with Crippen molar-refractivity contribution in [2.75, 3.05) is 0 Å². The van der Waals surface area contributed by atoms with Crippen molar-refractivity contribution in [3.8, 4) is 0 Å². The van der Waals surface area contributed by atoms with Gasteiger partial charge in [-0.1, -0.05) is 0 Å². The van der Waals surface area contributed by atoms with Crippen molar-refractivity contribution in [2.45, 2.75) is 12.8 Å². The van der Waals surface area contributed by atoms with Crippen LogP contribution >= 0.6 is 0 Å². The standard InChI is InChI=1S/2C5H5.2ClH.H2O.Zr/c2*1-2-4-5-3-1;;;;/h2*1-3H,4H2;2*1H;1H2;/q;;;;;+2/p-2. The minimum absolute atomic E-state index is 0. The molecular formula is C10H12Cl2OZr. The molecule has 0 saturated carbocycles. The fourth-order valence-corrected chi connectivity index (χ4v) is 4.26. The van der Waals surface area contributed by atoms with E-state index in [2.05, 4.69) is 36.5 Å². The summed E-state index contributed by atoms with van der Waals surface area (Å²) in [6, 6.07) is 0. The van der Waals surface area contributed by atoms with E-state index in [9.17, 15) is 0 Å². The van der Waals surface area contributed by atoms with Crippen LogP contribution < -0.4 is 24.8 Å². The summed E-state index contributed by atoms with van der Waals surface area (Å²) < 4.78 is 3.45. The zero-order chi connectivity index (χ0) is 7.52. The largest absolute Gasteiger partial charge is 1.00 e. The summed E-state index contributed by atoms with van der Waals surface area (Å²) in [6.07, 6.45) is 16.0. The molecule has 0 radical (unpaired) electrons. The number of hydrogen-bond donors (Lipinski definition) is 0. The van der Waals surface area contributed by atoms with Crippen molar-refractivity contribution in [1.82, 2.24) is 0 Å². The Balaban J connectivity index is 0. The molecule has 1 nitrogen and oxygen atoms in total. The Morgan fingerprint density at radius 3 is 1.57 bits per heavy atom. The van der Waals surface area contributed by atoms with Crippen LogP contribution in [0, 0.1) is 0 Å². The van der Waals surface area contributed by atoms with Gasteiger partial charge in [0.15, 0.2) is 0 Å². The first-order valence-corrected chi connectivity index (χ1v) is 6.39. The topological polar surface area (TPSA) is 31.5 Å². The third kappa shape index (κ3) is 4.75. The predicted molar refractivity (Wildman–Crippen MR) is 47.3 cm³/mol. The van der Waals surface area contributed by atoms with E-state index >= 15 is 0 Å². The molecule has 0 amide bonds. The molecule has 2 N–H and O–H groups in total. The second kappa shape index (κ2) is 8.67. The van der Waals surface area contributed by atoms with E-state index in [1.54, 1.807) is 6.56 Å². The molecule has 4 heteroatoms. The van der Waals surface area contributed by atoms with E-state index < -0.39 is 0 Å². The van der Waals surface area contributed by atoms with Crippen LogP contribution in [0.2, 0.25) is 0 Å². The quantitative estimate of drug-likeness (QED) is 0.497. The van der Waals surface area contributed by atoms with Crippen molar-refractivity contribution >= 4 is 0 Å². The second-order valence-corrected chi connectivity index (χ2v) is 6.55. The third-order valence-corrected chi connectivity index (χ3v) is 5.27. The molecule has 76 valence electrons. The number of halogens is 2. The number of allylic oxidation sites excluding steroid dienone is 8. The summed E-state index contributed by atoms with van der Waals surface area (Å²) in [6.45, 7) is 0. The molecule has 0 atom stereocenters. The Morgan fingerprint density at radius 1 is 0.857 bits per heavy atom. The van der Waals surface area contributed by atoms with Crippen LogP contribution in [0.3, 0.4) is 0 Å². The predicted octanol–water partition coefficient (Wildman–Crippen LogP) is -4.06. The summed E-state index contributed by atoms with van der Waals surface area (Å²) in [5.74, 6) is 0. The van der Waals surface area contributed by atoms with Crippen LogP contribution in [-0.2, 0) is 23.2 Å². The Morgan fingerprint density at radius 2 is 1.29 bits per heavy atom. The van der Waals surface area contributed by atoms with Gasteiger partial charge in [-0.2, -0.15) is 0 Å². The molecule has 0 aromatic rings. The minimum atomic E-state index is -0.312. The van der Waals surface area contributed by atoms with E-state index in [1.165, 1.54) is 12.8 Å². The summed E-state index contributed by atoms with van der Waals surface area (Å²) >= 11 is -0.312. The van der Waals surface area contributed by atoms with Crippen molar-refractivity contribution in [1.29, 1.82) is 0 Å². The first-order chi connectivity index (χ1) is 5.45. The van der Waals surface area contributed by atoms with Gasteiger partial charge in [0.25, 0.3) is 0 Å². The molecule has 0 heterocycles. The monoisotopic (exact) mass is 308 g/mol. The van der Waals surface area contributed by atoms with Gasteiger partial charge in [0, 0.05) is 0 Å². The van der Waals surface area contributed by atoms with Gasteiger partial charge in [-0.25, -0.2) is 0 Å². The van der Waals surface area contributed by atoms with Gasteiger partial charge >= 0.3 is 79.1 Å². The van der Waals surface area contributed by atoms with Gasteiger partial charge in [-0.3, -0.25) is 0 Å². The van der Waals surface area contributed by atoms with Crippen LogP contribution in [0.25, 0.3) is 0 Å². The van der Waals surface area contributed by atoms with E-state index in [0.717, 1.165) is 0 Å². The maximum absolute atomic E-state index is 2.31. The van der Waals surface area contributed by atoms with E-state index in [-0.39, 0.29) is 53.5 Å². The molecule has 0 aromatic carbocycles. The summed E-state index contributed by atoms with van der Waals surface area (Å²) in [7, 11) is 0. The molecule has 0 fully saturated rings. The number of hydrogen-bond acceptors (Lipinski definition) is 0. The van der Waals surface area contributed by atoms with Gasteiger partial charge in [0.1, 0.15) is 0 Å². The molecule has 2 aliphatic carbocycles. The van der Waals surface area contributed by atoms with Gasteiger partial charge in [-0.05, 0) is 0 Å². The van der Waals surface area contributed by atoms with E-state index in [4.69, 9.17) is 0 Å². The molecule has 0 unspecified atom stereocenters. The van der Waals surface area contributed by atoms with Gasteiger partial charge in [0.05, 0.1) is 0 Å². The molecule has 2 aliphatic rings. The van der Waals surface area contributed by atoms with Gasteiger partial charge < -0.3 is 30.3 Å². The molecule has 0 aromatic heterocycles. The maximum atomic E-state index is 2.31. The smallest absolute Gasteiger partial charge is 0.412 e. The van der Waals surface area contributed by atoms with Crippen molar-refractivity contribution in [3.63, 3.8) is 0 Å². The van der Waals surface area contributed by atoms with Crippen molar-refractivity contribution in [3.05, 3.63) is 43.0 Å². The zero-order valence-corrected chi connectivity index (χ0v) is 11.6. The summed E-state index contributed by atoms with van der Waals surface area (Å²) in [5.41, 5.74) is 0. The Labute approximate surface area is 109 Å². The summed E-state index contributed by atoms with van der Waals surface area (Å²) in [5, 5.41) is 0. The molecule has 2 rings (SSSR count). The molecule has 0 bridgehead atoms. The first kappa shape index (κ1) is 16.8. The zero-order valence-electron chi connectivity index (χ0n) is 7.63. The molecule has 0 aliphatic heterocycles. The second-order valence-electron chi connectivity index (χ2n) is 2.77. The average molecular weight is 310 g/mol. The molecule has 0 spiro atoms. The molecular weight excluding hydrogens is 298 g/mol.